The van der Waals surface area contributed by atoms with Gasteiger partial charge in [-0.2, -0.15) is 0 Å². The van der Waals surface area contributed by atoms with Crippen LogP contribution in [0, 0.1) is 0 Å². The van der Waals surface area contributed by atoms with E-state index in [1.54, 1.807) is 0 Å². The Morgan fingerprint density at radius 1 is 0.410 bits per heavy atom. The van der Waals surface area contributed by atoms with E-state index in [2.05, 4.69) is 83.6 Å². The predicted octanol–water partition coefficient (Wildman–Crippen LogP) is 8.48. The second kappa shape index (κ2) is 9.84. The molecule has 5 aromatic carbocycles. The third kappa shape index (κ3) is 4.38. The van der Waals surface area contributed by atoms with Crippen LogP contribution in [0.4, 0.5) is 0 Å². The SMILES string of the molecule is c1ccc(-c2nc(-c3ccccc3)nc(-c3cccc(-n4cc(-c5ccccc5)c5ccccc54)c3)n2)cc1. The molecule has 4 nitrogen and oxygen atoms in total. The third-order valence-corrected chi connectivity index (χ3v) is 6.88. The number of hydrogen-bond donors (Lipinski definition) is 0. The van der Waals surface area contributed by atoms with Gasteiger partial charge in [0.15, 0.2) is 17.5 Å². The highest BCUT2D eigenvalue weighted by Gasteiger charge is 2.15. The van der Waals surface area contributed by atoms with E-state index in [1.807, 2.05) is 66.7 Å². The molecule has 0 fully saturated rings. The van der Waals surface area contributed by atoms with Crippen molar-refractivity contribution in [2.24, 2.45) is 0 Å². The molecule has 0 aliphatic heterocycles. The van der Waals surface area contributed by atoms with Crippen LogP contribution in [-0.4, -0.2) is 19.5 Å². The molecule has 7 aromatic rings. The molecule has 0 saturated carbocycles. The van der Waals surface area contributed by atoms with Gasteiger partial charge in [0.1, 0.15) is 0 Å². The fourth-order valence-corrected chi connectivity index (χ4v) is 4.97. The molecule has 2 heterocycles. The first-order valence-corrected chi connectivity index (χ1v) is 13.0. The highest BCUT2D eigenvalue weighted by atomic mass is 15.0. The lowest BCUT2D eigenvalue weighted by molar-refractivity contribution is 1.07. The molecule has 0 spiro atoms. The zero-order chi connectivity index (χ0) is 26.0. The number of benzene rings is 5. The predicted molar refractivity (Wildman–Crippen MR) is 158 cm³/mol. The monoisotopic (exact) mass is 500 g/mol. The minimum Gasteiger partial charge on any atom is -0.316 e. The molecular weight excluding hydrogens is 476 g/mol. The summed E-state index contributed by atoms with van der Waals surface area (Å²) in [5, 5.41) is 1.21. The molecule has 4 heteroatoms. The summed E-state index contributed by atoms with van der Waals surface area (Å²) >= 11 is 0. The van der Waals surface area contributed by atoms with Gasteiger partial charge in [-0.3, -0.25) is 0 Å². The highest BCUT2D eigenvalue weighted by Crippen LogP contribution is 2.33. The first-order chi connectivity index (χ1) is 19.3. The van der Waals surface area contributed by atoms with Gasteiger partial charge in [0.25, 0.3) is 0 Å². The number of fused-ring (bicyclic) bond motifs is 1. The molecular formula is C35H24N4. The van der Waals surface area contributed by atoms with Crippen molar-refractivity contribution < 1.29 is 0 Å². The van der Waals surface area contributed by atoms with Crippen molar-refractivity contribution in [1.29, 1.82) is 0 Å². The summed E-state index contributed by atoms with van der Waals surface area (Å²) in [5.74, 6) is 1.95. The minimum absolute atomic E-state index is 0.643. The van der Waals surface area contributed by atoms with Crippen LogP contribution < -0.4 is 0 Å². The first-order valence-electron chi connectivity index (χ1n) is 13.0. The van der Waals surface area contributed by atoms with Crippen LogP contribution in [0.3, 0.4) is 0 Å². The number of hydrogen-bond acceptors (Lipinski definition) is 3. The van der Waals surface area contributed by atoms with Crippen molar-refractivity contribution in [3.8, 4) is 51.0 Å². The largest absolute Gasteiger partial charge is 0.316 e. The Hall–Kier alpha value is -5.35. The van der Waals surface area contributed by atoms with Gasteiger partial charge in [0.05, 0.1) is 5.52 Å². The summed E-state index contributed by atoms with van der Waals surface area (Å²) in [6.07, 6.45) is 2.22. The van der Waals surface area contributed by atoms with Crippen LogP contribution in [0.25, 0.3) is 61.9 Å². The Kier molecular flexibility index (Phi) is 5.76. The van der Waals surface area contributed by atoms with Gasteiger partial charge < -0.3 is 4.57 Å². The van der Waals surface area contributed by atoms with Crippen LogP contribution in [0.1, 0.15) is 0 Å². The summed E-state index contributed by atoms with van der Waals surface area (Å²) < 4.78 is 2.25. The van der Waals surface area contributed by atoms with Crippen LogP contribution in [0.15, 0.2) is 146 Å². The lowest BCUT2D eigenvalue weighted by atomic mass is 10.1. The summed E-state index contributed by atoms with van der Waals surface area (Å²) in [6, 6.07) is 47.6. The third-order valence-electron chi connectivity index (χ3n) is 6.88. The van der Waals surface area contributed by atoms with Gasteiger partial charge in [-0.15, -0.1) is 0 Å². The van der Waals surface area contributed by atoms with Crippen LogP contribution in [0.2, 0.25) is 0 Å². The number of para-hydroxylation sites is 1. The van der Waals surface area contributed by atoms with Crippen molar-refractivity contribution in [3.63, 3.8) is 0 Å². The molecule has 0 radical (unpaired) electrons. The lowest BCUT2D eigenvalue weighted by Gasteiger charge is -2.10. The molecule has 7 rings (SSSR count). The molecule has 0 aliphatic rings. The Bertz CT molecular complexity index is 1830. The van der Waals surface area contributed by atoms with Gasteiger partial charge in [-0.1, -0.05) is 121 Å². The smallest absolute Gasteiger partial charge is 0.164 e. The molecule has 0 N–H and O–H groups in total. The second-order valence-electron chi connectivity index (χ2n) is 9.38. The van der Waals surface area contributed by atoms with Gasteiger partial charge in [0.2, 0.25) is 0 Å². The molecule has 0 aliphatic carbocycles. The quantitative estimate of drug-likeness (QED) is 0.238. The summed E-state index contributed by atoms with van der Waals surface area (Å²) in [7, 11) is 0. The first kappa shape index (κ1) is 22.8. The van der Waals surface area contributed by atoms with Gasteiger partial charge in [0, 0.05) is 39.5 Å². The number of nitrogens with zero attached hydrogens (tertiary/aromatic N) is 4. The molecule has 39 heavy (non-hydrogen) atoms. The Labute approximate surface area is 226 Å². The minimum atomic E-state index is 0.643. The Balaban J connectivity index is 1.39. The van der Waals surface area contributed by atoms with E-state index in [1.165, 1.54) is 16.5 Å². The molecule has 0 bridgehead atoms. The maximum atomic E-state index is 4.92. The van der Waals surface area contributed by atoms with Crippen molar-refractivity contribution in [1.82, 2.24) is 19.5 Å². The van der Waals surface area contributed by atoms with E-state index >= 15 is 0 Å². The zero-order valence-electron chi connectivity index (χ0n) is 21.1. The molecule has 0 unspecified atom stereocenters. The van der Waals surface area contributed by atoms with Crippen molar-refractivity contribution >= 4 is 10.9 Å². The average molecular weight is 501 g/mol. The van der Waals surface area contributed by atoms with E-state index < -0.39 is 0 Å². The van der Waals surface area contributed by atoms with Gasteiger partial charge in [-0.05, 0) is 23.8 Å². The van der Waals surface area contributed by atoms with Crippen LogP contribution in [0.5, 0.6) is 0 Å². The Morgan fingerprint density at radius 3 is 1.51 bits per heavy atom. The molecule has 2 aromatic heterocycles. The number of aromatic nitrogens is 4. The molecule has 0 amide bonds. The molecule has 184 valence electrons. The van der Waals surface area contributed by atoms with E-state index in [0.717, 1.165) is 27.9 Å². The Morgan fingerprint density at radius 2 is 0.897 bits per heavy atom. The maximum absolute atomic E-state index is 4.92. The average Bonchev–Trinajstić information content (AvgIpc) is 3.42. The molecule has 0 saturated heterocycles. The van der Waals surface area contributed by atoms with E-state index in [0.29, 0.717) is 17.5 Å². The normalized spacial score (nSPS) is 11.1. The lowest BCUT2D eigenvalue weighted by Crippen LogP contribution is -2.00. The topological polar surface area (TPSA) is 43.6 Å². The summed E-state index contributed by atoms with van der Waals surface area (Å²) in [6.45, 7) is 0. The standard InChI is InChI=1S/C35H24N4/c1-4-13-25(14-5-1)31-24-39(32-22-11-10-21-30(31)32)29-20-12-19-28(23-29)35-37-33(26-15-6-2-7-16-26)36-34(38-35)27-17-8-3-9-18-27/h1-24H. The fraction of sp³-hybridized carbons (Fsp3) is 0. The second-order valence-corrected chi connectivity index (χ2v) is 9.38. The van der Waals surface area contributed by atoms with Crippen LogP contribution in [-0.2, 0) is 0 Å². The van der Waals surface area contributed by atoms with Crippen LogP contribution >= 0.6 is 0 Å². The fourth-order valence-electron chi connectivity index (χ4n) is 4.97. The van der Waals surface area contributed by atoms with Crippen molar-refractivity contribution in [2.75, 3.05) is 0 Å². The van der Waals surface area contributed by atoms with Gasteiger partial charge >= 0.3 is 0 Å². The van der Waals surface area contributed by atoms with Gasteiger partial charge in [-0.25, -0.2) is 15.0 Å². The van der Waals surface area contributed by atoms with Crippen molar-refractivity contribution in [2.45, 2.75) is 0 Å². The highest BCUT2D eigenvalue weighted by molar-refractivity contribution is 5.97. The molecule has 0 atom stereocenters. The number of rotatable bonds is 5. The summed E-state index contributed by atoms with van der Waals surface area (Å²) in [5.41, 5.74) is 7.45. The van der Waals surface area contributed by atoms with E-state index in [9.17, 15) is 0 Å². The van der Waals surface area contributed by atoms with Crippen molar-refractivity contribution in [3.05, 3.63) is 146 Å². The maximum Gasteiger partial charge on any atom is 0.164 e. The summed E-state index contributed by atoms with van der Waals surface area (Å²) in [4.78, 5) is 14.7. The van der Waals surface area contributed by atoms with E-state index in [4.69, 9.17) is 15.0 Å². The zero-order valence-corrected chi connectivity index (χ0v) is 21.1. The van der Waals surface area contributed by atoms with E-state index in [-0.39, 0.29) is 0 Å².